The van der Waals surface area contributed by atoms with E-state index in [0.717, 1.165) is 167 Å². The number of aliphatic hydroxyl groups excluding tert-OH is 1. The second-order valence-electron chi connectivity index (χ2n) is 26.2. The fourth-order valence-electron chi connectivity index (χ4n) is 10.1. The molecule has 106 heavy (non-hydrogen) atoms. The molecule has 3 N–H and O–H groups in total. The standard InChI is InChI=1S/C87H142O17P2/c1-5-9-13-17-21-25-29-33-36-38-40-42-45-48-51-55-59-63-67-71-84(89)97-77-82(103-86(91)73-69-65-61-57-53-47-32-28-24-20-16-12-8-4)79-101-105(93,94)99-75-81(88)76-100-106(95,96)102-80-83(104-87(92)74-70-66-62-58-54-50-44-35-31-27-23-19-15-11-7-3)78-98-85(90)72-68-64-60-56-52-49-46-43-41-39-37-34-30-26-22-18-14-10-6-2/h9-10,13-14,21-23,25-28,32-37,40-44,48-49,51-52,59,63,81-83,88H,5-8,11-12,15-20,24,29-31,38-39,45-47,50,53-58,60-62,64-80H2,1-4H3,(H,93,94)(H,95,96)/b13-9-,14-10-,25-21-,26-22-,27-23-,32-28-,36-33-,37-34-,42-40-,43-41-,44-35-,51-48-,52-49-,63-59-. The lowest BCUT2D eigenvalue weighted by Gasteiger charge is -2.21. The summed E-state index contributed by atoms with van der Waals surface area (Å²) in [5.74, 6) is -2.34. The lowest BCUT2D eigenvalue weighted by atomic mass is 10.1. The van der Waals surface area contributed by atoms with Gasteiger partial charge in [-0.15, -0.1) is 0 Å². The van der Waals surface area contributed by atoms with E-state index in [1.54, 1.807) is 0 Å². The number of unbranched alkanes of at least 4 members (excludes halogenated alkanes) is 20. The first-order valence-electron chi connectivity index (χ1n) is 40.4. The second kappa shape index (κ2) is 77.6. The van der Waals surface area contributed by atoms with Crippen molar-refractivity contribution in [2.75, 3.05) is 39.6 Å². The first-order chi connectivity index (χ1) is 51.7. The van der Waals surface area contributed by atoms with Crippen molar-refractivity contribution in [3.05, 3.63) is 170 Å². The summed E-state index contributed by atoms with van der Waals surface area (Å²) in [6.45, 7) is 4.45. The highest BCUT2D eigenvalue weighted by molar-refractivity contribution is 7.47. The Labute approximate surface area is 642 Å². The zero-order valence-corrected chi connectivity index (χ0v) is 67.6. The lowest BCUT2D eigenvalue weighted by Crippen LogP contribution is -2.30. The molecule has 0 saturated heterocycles. The summed E-state index contributed by atoms with van der Waals surface area (Å²) in [5, 5.41) is 10.6. The Bertz CT molecular complexity index is 2680. The van der Waals surface area contributed by atoms with Crippen LogP contribution in [-0.2, 0) is 65.4 Å². The number of phosphoric acid groups is 2. The molecule has 17 nitrogen and oxygen atoms in total. The maximum atomic E-state index is 13.1. The van der Waals surface area contributed by atoms with Crippen molar-refractivity contribution in [3.63, 3.8) is 0 Å². The molecule has 0 radical (unpaired) electrons. The van der Waals surface area contributed by atoms with Gasteiger partial charge in [0.15, 0.2) is 12.2 Å². The molecule has 0 aromatic carbocycles. The van der Waals surface area contributed by atoms with Crippen molar-refractivity contribution in [3.8, 4) is 0 Å². The summed E-state index contributed by atoms with van der Waals surface area (Å²) in [7, 11) is -10.0. The van der Waals surface area contributed by atoms with Gasteiger partial charge in [-0.2, -0.15) is 0 Å². The van der Waals surface area contributed by atoms with E-state index in [1.165, 1.54) is 44.9 Å². The molecule has 0 aromatic heterocycles. The molecule has 0 spiro atoms. The predicted octanol–water partition coefficient (Wildman–Crippen LogP) is 23.8. The molecule has 19 heteroatoms. The molecule has 0 amide bonds. The number of aliphatic hydroxyl groups is 1. The van der Waals surface area contributed by atoms with E-state index >= 15 is 0 Å². The van der Waals surface area contributed by atoms with Gasteiger partial charge in [0.05, 0.1) is 26.4 Å². The first kappa shape index (κ1) is 100. The minimum atomic E-state index is -5.00. The Morgan fingerprint density at radius 2 is 0.509 bits per heavy atom. The molecule has 0 aliphatic rings. The SMILES string of the molecule is CC/C=C\C/C=C\C/C=C\C/C=C\C/C=C\C/C=C\CCC(=O)OCC(COP(=O)(O)OCC(O)COP(=O)(O)OCC(COC(=O)CCCCC/C=C\C/C=C\C/C=C\C/C=C\C/C=C\CC)OC(=O)CCCCCCC/C=C\C/C=C\CCCCC)OC(=O)CCCCCCC/C=C\CCCCCC. The molecule has 0 heterocycles. The fourth-order valence-corrected chi connectivity index (χ4v) is 11.6. The third kappa shape index (κ3) is 76.6. The Morgan fingerprint density at radius 1 is 0.274 bits per heavy atom. The van der Waals surface area contributed by atoms with Gasteiger partial charge in [-0.25, -0.2) is 9.13 Å². The zero-order valence-electron chi connectivity index (χ0n) is 65.8. The minimum absolute atomic E-state index is 0.0289. The highest BCUT2D eigenvalue weighted by Crippen LogP contribution is 2.45. The molecule has 0 aliphatic heterocycles. The molecular formula is C87H142O17P2. The Hall–Kier alpha value is -5.58. The molecule has 5 unspecified atom stereocenters. The number of carbonyl (C=O) groups excluding carboxylic acids is 4. The van der Waals surface area contributed by atoms with Crippen LogP contribution in [-0.4, -0.2) is 96.7 Å². The number of esters is 4. The summed E-state index contributed by atoms with van der Waals surface area (Å²) in [6.07, 6.45) is 92.0. The molecule has 0 rings (SSSR count). The average molecular weight is 1520 g/mol. The number of carbonyl (C=O) groups is 4. The molecule has 0 aromatic rings. The summed E-state index contributed by atoms with van der Waals surface area (Å²) in [5.41, 5.74) is 0. The van der Waals surface area contributed by atoms with Crippen molar-refractivity contribution >= 4 is 39.5 Å². The van der Waals surface area contributed by atoms with E-state index in [9.17, 15) is 43.2 Å². The van der Waals surface area contributed by atoms with Crippen LogP contribution in [0, 0.1) is 0 Å². The van der Waals surface area contributed by atoms with E-state index in [4.69, 9.17) is 37.0 Å². The van der Waals surface area contributed by atoms with Gasteiger partial charge < -0.3 is 33.8 Å². The van der Waals surface area contributed by atoms with Gasteiger partial charge in [-0.05, 0) is 167 Å². The molecule has 602 valence electrons. The van der Waals surface area contributed by atoms with Crippen LogP contribution in [0.2, 0.25) is 0 Å². The highest BCUT2D eigenvalue weighted by atomic mass is 31.2. The molecule has 5 atom stereocenters. The molecule has 0 fully saturated rings. The maximum Gasteiger partial charge on any atom is 0.472 e. The smallest absolute Gasteiger partial charge is 0.462 e. The Morgan fingerprint density at radius 3 is 0.849 bits per heavy atom. The van der Waals surface area contributed by atoms with Crippen LogP contribution in [0.25, 0.3) is 0 Å². The third-order valence-electron chi connectivity index (χ3n) is 16.2. The monoisotopic (exact) mass is 1520 g/mol. The second-order valence-corrected chi connectivity index (χ2v) is 29.1. The van der Waals surface area contributed by atoms with Gasteiger partial charge in [0, 0.05) is 25.7 Å². The van der Waals surface area contributed by atoms with E-state index in [1.807, 2.05) is 18.2 Å². The van der Waals surface area contributed by atoms with Gasteiger partial charge >= 0.3 is 39.5 Å². The number of allylic oxidation sites excluding steroid dienone is 28. The predicted molar refractivity (Wildman–Crippen MR) is 436 cm³/mol. The normalized spacial score (nSPS) is 14.7. The molecular weight excluding hydrogens is 1380 g/mol. The van der Waals surface area contributed by atoms with Gasteiger partial charge in [-0.3, -0.25) is 37.3 Å². The fraction of sp³-hybridized carbons (Fsp3) is 0.632. The zero-order chi connectivity index (χ0) is 77.4. The molecule has 0 bridgehead atoms. The van der Waals surface area contributed by atoms with E-state index < -0.39 is 97.5 Å². The number of phosphoric ester groups is 2. The topological polar surface area (TPSA) is 237 Å². The van der Waals surface area contributed by atoms with Crippen molar-refractivity contribution in [1.29, 1.82) is 0 Å². The van der Waals surface area contributed by atoms with E-state index in [2.05, 4.69) is 180 Å². The first-order valence-corrected chi connectivity index (χ1v) is 43.4. The number of hydrogen-bond donors (Lipinski definition) is 3. The third-order valence-corrected chi connectivity index (χ3v) is 18.1. The summed E-state index contributed by atoms with van der Waals surface area (Å²) < 4.78 is 68.5. The average Bonchev–Trinajstić information content (AvgIpc) is 0.901. The van der Waals surface area contributed by atoms with Crippen LogP contribution < -0.4 is 0 Å². The van der Waals surface area contributed by atoms with E-state index in [-0.39, 0.29) is 25.7 Å². The largest absolute Gasteiger partial charge is 0.472 e. The molecule has 0 saturated carbocycles. The number of ether oxygens (including phenoxy) is 4. The Kier molecular flexibility index (Phi) is 73.5. The van der Waals surface area contributed by atoms with Crippen LogP contribution in [0.3, 0.4) is 0 Å². The maximum absolute atomic E-state index is 13.1. The van der Waals surface area contributed by atoms with Crippen molar-refractivity contribution in [2.24, 2.45) is 0 Å². The number of hydrogen-bond acceptors (Lipinski definition) is 15. The van der Waals surface area contributed by atoms with Crippen LogP contribution in [0.4, 0.5) is 0 Å². The summed E-state index contributed by atoms with van der Waals surface area (Å²) >= 11 is 0. The van der Waals surface area contributed by atoms with Crippen molar-refractivity contribution in [1.82, 2.24) is 0 Å². The van der Waals surface area contributed by atoms with Crippen molar-refractivity contribution < 1.29 is 80.2 Å². The van der Waals surface area contributed by atoms with Gasteiger partial charge in [0.2, 0.25) is 0 Å². The van der Waals surface area contributed by atoms with Crippen LogP contribution >= 0.6 is 15.6 Å². The number of rotatable bonds is 74. The van der Waals surface area contributed by atoms with Gasteiger partial charge in [-0.1, -0.05) is 275 Å². The van der Waals surface area contributed by atoms with Gasteiger partial charge in [0.25, 0.3) is 0 Å². The van der Waals surface area contributed by atoms with E-state index in [0.29, 0.717) is 32.1 Å². The van der Waals surface area contributed by atoms with Crippen LogP contribution in [0.5, 0.6) is 0 Å². The van der Waals surface area contributed by atoms with Crippen molar-refractivity contribution in [2.45, 2.75) is 316 Å². The van der Waals surface area contributed by atoms with Gasteiger partial charge in [0.1, 0.15) is 19.3 Å². The lowest BCUT2D eigenvalue weighted by molar-refractivity contribution is -0.161. The minimum Gasteiger partial charge on any atom is -0.462 e. The molecule has 0 aliphatic carbocycles. The summed E-state index contributed by atoms with van der Waals surface area (Å²) in [4.78, 5) is 73.0. The van der Waals surface area contributed by atoms with Crippen LogP contribution in [0.15, 0.2) is 170 Å². The highest BCUT2D eigenvalue weighted by Gasteiger charge is 2.30. The summed E-state index contributed by atoms with van der Waals surface area (Å²) in [6, 6.07) is 0. The quantitative estimate of drug-likeness (QED) is 0.0169. The Balaban J connectivity index is 5.47. The van der Waals surface area contributed by atoms with Crippen LogP contribution in [0.1, 0.15) is 297 Å².